The third kappa shape index (κ3) is 5.15. The van der Waals surface area contributed by atoms with E-state index in [1.54, 1.807) is 27.7 Å². The van der Waals surface area contributed by atoms with Gasteiger partial charge in [-0.3, -0.25) is 4.57 Å². The van der Waals surface area contributed by atoms with Crippen LogP contribution in [0.4, 0.5) is 0 Å². The molecule has 0 rings (SSSR count). The zero-order chi connectivity index (χ0) is 9.78. The summed E-state index contributed by atoms with van der Waals surface area (Å²) < 4.78 is 21.8. The van der Waals surface area contributed by atoms with E-state index in [1.165, 1.54) is 0 Å². The van der Waals surface area contributed by atoms with Gasteiger partial charge in [-0.25, -0.2) is 0 Å². The first-order valence-electron chi connectivity index (χ1n) is 3.91. The van der Waals surface area contributed by atoms with Crippen molar-refractivity contribution in [2.24, 2.45) is 0 Å². The molecule has 0 aliphatic rings. The van der Waals surface area contributed by atoms with Crippen LogP contribution in [-0.2, 0) is 13.6 Å². The predicted molar refractivity (Wildman–Crippen MR) is 50.8 cm³/mol. The van der Waals surface area contributed by atoms with E-state index in [-0.39, 0.29) is 17.8 Å². The van der Waals surface area contributed by atoms with Gasteiger partial charge in [0.1, 0.15) is 5.62 Å². The van der Waals surface area contributed by atoms with Crippen LogP contribution in [0.25, 0.3) is 0 Å². The highest BCUT2D eigenvalue weighted by atomic mass is 35.5. The first kappa shape index (κ1) is 12.4. The van der Waals surface area contributed by atoms with Gasteiger partial charge in [-0.2, -0.15) is 0 Å². The second-order valence-electron chi connectivity index (χ2n) is 3.04. The smallest absolute Gasteiger partial charge is 0.305 e. The third-order valence-electron chi connectivity index (χ3n) is 0.889. The summed E-state index contributed by atoms with van der Waals surface area (Å²) in [6, 6.07) is 0. The minimum absolute atomic E-state index is 0.0939. The van der Waals surface area contributed by atoms with E-state index in [1.807, 2.05) is 0 Å². The maximum Gasteiger partial charge on any atom is 0.345 e. The molecule has 0 aliphatic carbocycles. The minimum atomic E-state index is -3.05. The Balaban J connectivity index is 4.15. The van der Waals surface area contributed by atoms with E-state index in [4.69, 9.17) is 20.6 Å². The fourth-order valence-corrected chi connectivity index (χ4v) is 2.51. The van der Waals surface area contributed by atoms with Crippen LogP contribution in [0.15, 0.2) is 0 Å². The van der Waals surface area contributed by atoms with Crippen molar-refractivity contribution in [2.45, 2.75) is 39.9 Å². The van der Waals surface area contributed by atoms with E-state index in [0.717, 1.165) is 0 Å². The van der Waals surface area contributed by atoms with E-state index >= 15 is 0 Å². The summed E-state index contributed by atoms with van der Waals surface area (Å²) in [7, 11) is -3.05. The second kappa shape index (κ2) is 5.23. The Kier molecular flexibility index (Phi) is 5.42. The highest BCUT2D eigenvalue weighted by molar-refractivity contribution is 7.55. The van der Waals surface area contributed by atoms with Crippen molar-refractivity contribution in [3.05, 3.63) is 0 Å². The van der Waals surface area contributed by atoms with Gasteiger partial charge in [0.2, 0.25) is 0 Å². The summed E-state index contributed by atoms with van der Waals surface area (Å²) in [4.78, 5) is 0. The number of hydrogen-bond donors (Lipinski definition) is 0. The lowest BCUT2D eigenvalue weighted by Gasteiger charge is -2.20. The van der Waals surface area contributed by atoms with Crippen molar-refractivity contribution in [3.63, 3.8) is 0 Å². The first-order valence-corrected chi connectivity index (χ1v) is 6.17. The fraction of sp³-hybridized carbons (Fsp3) is 1.00. The van der Waals surface area contributed by atoms with E-state index in [2.05, 4.69) is 0 Å². The van der Waals surface area contributed by atoms with Crippen LogP contribution in [0.3, 0.4) is 0 Å². The molecule has 3 nitrogen and oxygen atoms in total. The molecule has 0 aliphatic heterocycles. The Morgan fingerprint density at radius 1 is 1.17 bits per heavy atom. The molecule has 5 heteroatoms. The molecule has 0 spiro atoms. The van der Waals surface area contributed by atoms with Crippen molar-refractivity contribution in [1.82, 2.24) is 0 Å². The van der Waals surface area contributed by atoms with Crippen molar-refractivity contribution in [1.29, 1.82) is 0 Å². The molecule has 0 radical (unpaired) electrons. The Morgan fingerprint density at radius 2 is 1.50 bits per heavy atom. The van der Waals surface area contributed by atoms with E-state index in [0.29, 0.717) is 0 Å². The topological polar surface area (TPSA) is 35.5 Å². The van der Waals surface area contributed by atoms with E-state index in [9.17, 15) is 4.57 Å². The van der Waals surface area contributed by atoms with Gasteiger partial charge in [0.25, 0.3) is 0 Å². The molecule has 0 bridgehead atoms. The van der Waals surface area contributed by atoms with Gasteiger partial charge in [-0.15, -0.1) is 11.6 Å². The lowest BCUT2D eigenvalue weighted by atomic mass is 10.5. The van der Waals surface area contributed by atoms with Crippen LogP contribution in [-0.4, -0.2) is 17.8 Å². The molecular formula is C7H16ClO3P. The summed E-state index contributed by atoms with van der Waals surface area (Å²) in [5.41, 5.74) is -0.0939. The molecule has 0 atom stereocenters. The van der Waals surface area contributed by atoms with Crippen LogP contribution < -0.4 is 0 Å². The van der Waals surface area contributed by atoms with Gasteiger partial charge < -0.3 is 9.05 Å². The summed E-state index contributed by atoms with van der Waals surface area (Å²) in [6.07, 6.45) is -0.262. The maximum absolute atomic E-state index is 11.6. The SMILES string of the molecule is CC(C)OP(=O)(CCl)OC(C)C. The lowest BCUT2D eigenvalue weighted by Crippen LogP contribution is -2.08. The molecule has 0 amide bonds. The molecule has 74 valence electrons. The normalized spacial score (nSPS) is 12.9. The Labute approximate surface area is 78.9 Å². The van der Waals surface area contributed by atoms with Gasteiger partial charge in [-0.05, 0) is 27.7 Å². The zero-order valence-corrected chi connectivity index (χ0v) is 9.56. The van der Waals surface area contributed by atoms with E-state index < -0.39 is 7.60 Å². The van der Waals surface area contributed by atoms with Crippen molar-refractivity contribution >= 4 is 19.2 Å². The summed E-state index contributed by atoms with van der Waals surface area (Å²) in [6.45, 7) is 7.18. The molecule has 0 heterocycles. The van der Waals surface area contributed by atoms with Crippen LogP contribution in [0.2, 0.25) is 0 Å². The molecule has 12 heavy (non-hydrogen) atoms. The molecule has 0 unspecified atom stereocenters. The average molecular weight is 215 g/mol. The maximum atomic E-state index is 11.6. The monoisotopic (exact) mass is 214 g/mol. The molecular weight excluding hydrogens is 199 g/mol. The molecule has 0 fully saturated rings. The van der Waals surface area contributed by atoms with Crippen molar-refractivity contribution in [3.8, 4) is 0 Å². The Hall–Kier alpha value is 0.440. The standard InChI is InChI=1S/C7H16ClO3P/c1-6(2)10-12(9,5-8)11-7(3)4/h6-7H,5H2,1-4H3. The summed E-state index contributed by atoms with van der Waals surface area (Å²) >= 11 is 5.48. The summed E-state index contributed by atoms with van der Waals surface area (Å²) in [5.74, 6) is 0. The van der Waals surface area contributed by atoms with Gasteiger partial charge in [0.05, 0.1) is 12.2 Å². The minimum Gasteiger partial charge on any atom is -0.305 e. The fourth-order valence-electron chi connectivity index (χ4n) is 0.724. The van der Waals surface area contributed by atoms with Crippen LogP contribution >= 0.6 is 19.2 Å². The predicted octanol–water partition coefficient (Wildman–Crippen LogP) is 3.23. The molecule has 0 saturated heterocycles. The van der Waals surface area contributed by atoms with Gasteiger partial charge in [-0.1, -0.05) is 0 Å². The first-order chi connectivity index (χ1) is 5.39. The number of alkyl halides is 1. The molecule has 0 N–H and O–H groups in total. The average Bonchev–Trinajstić information content (AvgIpc) is 1.83. The van der Waals surface area contributed by atoms with Gasteiger partial charge >= 0.3 is 7.60 Å². The van der Waals surface area contributed by atoms with Crippen LogP contribution in [0, 0.1) is 0 Å². The largest absolute Gasteiger partial charge is 0.345 e. The zero-order valence-electron chi connectivity index (χ0n) is 7.91. The van der Waals surface area contributed by atoms with Crippen molar-refractivity contribution < 1.29 is 13.6 Å². The van der Waals surface area contributed by atoms with Crippen molar-refractivity contribution in [2.75, 3.05) is 5.62 Å². The van der Waals surface area contributed by atoms with Gasteiger partial charge in [0, 0.05) is 0 Å². The highest BCUT2D eigenvalue weighted by Crippen LogP contribution is 2.51. The Bertz CT molecular complexity index is 156. The second-order valence-corrected chi connectivity index (χ2v) is 5.64. The third-order valence-corrected chi connectivity index (χ3v) is 3.55. The molecule has 0 aromatic heterocycles. The summed E-state index contributed by atoms with van der Waals surface area (Å²) in [5, 5.41) is 0. The Morgan fingerprint density at radius 3 is 1.67 bits per heavy atom. The highest BCUT2D eigenvalue weighted by Gasteiger charge is 2.25. The number of rotatable bonds is 5. The van der Waals surface area contributed by atoms with Crippen LogP contribution in [0.5, 0.6) is 0 Å². The molecule has 0 aromatic carbocycles. The molecule has 0 aromatic rings. The molecule has 0 saturated carbocycles. The van der Waals surface area contributed by atoms with Gasteiger partial charge in [0.15, 0.2) is 0 Å². The number of hydrogen-bond acceptors (Lipinski definition) is 3. The lowest BCUT2D eigenvalue weighted by molar-refractivity contribution is 0.145. The van der Waals surface area contributed by atoms with Crippen LogP contribution in [0.1, 0.15) is 27.7 Å². The quantitative estimate of drug-likeness (QED) is 0.521. The number of halogens is 1.